The second-order valence-electron chi connectivity index (χ2n) is 4.87. The fourth-order valence-corrected chi connectivity index (χ4v) is 5.24. The molecule has 2 aliphatic rings. The summed E-state index contributed by atoms with van der Waals surface area (Å²) < 4.78 is 23.1. The van der Waals surface area contributed by atoms with Gasteiger partial charge in [0.2, 0.25) is 5.02 Å². The van der Waals surface area contributed by atoms with Crippen LogP contribution >= 0.6 is 15.2 Å². The summed E-state index contributed by atoms with van der Waals surface area (Å²) in [6.07, 6.45) is 2.63. The predicted molar refractivity (Wildman–Crippen MR) is 68.1 cm³/mol. The van der Waals surface area contributed by atoms with Gasteiger partial charge in [0, 0.05) is 17.9 Å². The molecule has 0 aromatic heterocycles. The summed E-state index contributed by atoms with van der Waals surface area (Å²) in [6.45, 7) is 0.763. The molecule has 2 aliphatic heterocycles. The number of hydrogen-bond donors (Lipinski definition) is 6. The first kappa shape index (κ1) is 15.0. The highest BCUT2D eigenvalue weighted by Crippen LogP contribution is 2.71. The van der Waals surface area contributed by atoms with Gasteiger partial charge in [-0.05, 0) is 32.1 Å². The van der Waals surface area contributed by atoms with E-state index in [1.54, 1.807) is 0 Å². The molecule has 10 heteroatoms. The summed E-state index contributed by atoms with van der Waals surface area (Å²) in [6, 6.07) is 0. The maximum absolute atomic E-state index is 11.5. The third kappa shape index (κ3) is 2.61. The van der Waals surface area contributed by atoms with Gasteiger partial charge in [0.15, 0.2) is 0 Å². The van der Waals surface area contributed by atoms with Crippen molar-refractivity contribution in [2.24, 2.45) is 0 Å². The van der Waals surface area contributed by atoms with Gasteiger partial charge in [-0.1, -0.05) is 0 Å². The third-order valence-electron chi connectivity index (χ3n) is 3.59. The van der Waals surface area contributed by atoms with Gasteiger partial charge in [0.1, 0.15) is 0 Å². The Morgan fingerprint density at radius 1 is 0.947 bits per heavy atom. The van der Waals surface area contributed by atoms with E-state index < -0.39 is 20.2 Å². The van der Waals surface area contributed by atoms with Crippen LogP contribution in [0.15, 0.2) is 11.4 Å². The Morgan fingerprint density at radius 2 is 1.58 bits per heavy atom. The van der Waals surface area contributed by atoms with Gasteiger partial charge in [-0.25, -0.2) is 0 Å². The van der Waals surface area contributed by atoms with E-state index in [-0.39, 0.29) is 12.8 Å². The molecule has 2 saturated heterocycles. The van der Waals surface area contributed by atoms with Crippen molar-refractivity contribution in [1.82, 2.24) is 10.6 Å². The third-order valence-corrected chi connectivity index (χ3v) is 7.76. The zero-order valence-corrected chi connectivity index (χ0v) is 12.0. The lowest BCUT2D eigenvalue weighted by molar-refractivity contribution is 0.300. The molecule has 0 amide bonds. The molecule has 2 fully saturated rings. The minimum Gasteiger partial charge on any atom is -0.387 e. The van der Waals surface area contributed by atoms with Crippen LogP contribution in [-0.4, -0.2) is 31.1 Å². The molecule has 0 atom stereocenters. The van der Waals surface area contributed by atoms with E-state index in [0.29, 0.717) is 5.70 Å². The van der Waals surface area contributed by atoms with Crippen molar-refractivity contribution in [3.05, 3.63) is 11.4 Å². The predicted octanol–water partition coefficient (Wildman–Crippen LogP) is 0.364. The van der Waals surface area contributed by atoms with Crippen LogP contribution < -0.4 is 10.6 Å². The van der Waals surface area contributed by atoms with Crippen LogP contribution in [0.1, 0.15) is 32.1 Å². The van der Waals surface area contributed by atoms with Gasteiger partial charge in [0.25, 0.3) is 0 Å². The molecule has 6 N–H and O–H groups in total. The van der Waals surface area contributed by atoms with Crippen LogP contribution in [0, 0.1) is 0 Å². The Balaban J connectivity index is 2.36. The van der Waals surface area contributed by atoms with E-state index in [4.69, 9.17) is 0 Å². The van der Waals surface area contributed by atoms with Crippen molar-refractivity contribution in [2.45, 2.75) is 37.1 Å². The number of rotatable bonds is 2. The van der Waals surface area contributed by atoms with Gasteiger partial charge < -0.3 is 30.2 Å². The summed E-state index contributed by atoms with van der Waals surface area (Å²) >= 11 is 0. The second-order valence-corrected chi connectivity index (χ2v) is 8.93. The highest BCUT2D eigenvalue weighted by molar-refractivity contribution is 7.72. The molecule has 0 radical (unpaired) electrons. The average molecular weight is 312 g/mol. The van der Waals surface area contributed by atoms with Crippen LogP contribution in [0.2, 0.25) is 0 Å². The summed E-state index contributed by atoms with van der Waals surface area (Å²) in [5.41, 5.74) is 1.31. The first-order chi connectivity index (χ1) is 8.67. The van der Waals surface area contributed by atoms with E-state index in [1.165, 1.54) is 0 Å². The quantitative estimate of drug-likeness (QED) is 0.402. The molecule has 19 heavy (non-hydrogen) atoms. The first-order valence-corrected chi connectivity index (χ1v) is 9.25. The van der Waals surface area contributed by atoms with Crippen molar-refractivity contribution in [1.29, 1.82) is 0 Å². The lowest BCUT2D eigenvalue weighted by Gasteiger charge is -2.31. The molecule has 2 heterocycles. The van der Waals surface area contributed by atoms with Crippen molar-refractivity contribution < 1.29 is 28.7 Å². The summed E-state index contributed by atoms with van der Waals surface area (Å²) in [7, 11) is -9.98. The van der Waals surface area contributed by atoms with E-state index >= 15 is 0 Å². The molecule has 0 bridgehead atoms. The fraction of sp³-hybridized carbons (Fsp3) is 0.778. The minimum absolute atomic E-state index is 0.221. The number of allylic oxidation sites excluding steroid dienone is 2. The van der Waals surface area contributed by atoms with Crippen molar-refractivity contribution in [3.8, 4) is 0 Å². The maximum Gasteiger partial charge on any atom is 0.363 e. The molecule has 0 aromatic carbocycles. The number of hydrogen-bond acceptors (Lipinski definition) is 4. The average Bonchev–Trinajstić information content (AvgIpc) is 2.75. The molecule has 0 aliphatic carbocycles. The van der Waals surface area contributed by atoms with Crippen LogP contribution in [-0.2, 0) is 9.13 Å². The minimum atomic E-state index is -4.99. The SMILES string of the molecule is O=P(O)(O)C1(P(=O)(O)O)CC/C(=C2/CCCCN2)N1. The first-order valence-electron chi connectivity index (χ1n) is 6.03. The van der Waals surface area contributed by atoms with Gasteiger partial charge in [0.05, 0.1) is 0 Å². The van der Waals surface area contributed by atoms with Gasteiger partial charge in [-0.3, -0.25) is 9.13 Å². The molecule has 8 nitrogen and oxygen atoms in total. The van der Waals surface area contributed by atoms with E-state index in [2.05, 4.69) is 10.6 Å². The van der Waals surface area contributed by atoms with Crippen LogP contribution in [0.3, 0.4) is 0 Å². The normalized spacial score (nSPS) is 27.8. The highest BCUT2D eigenvalue weighted by atomic mass is 31.2. The maximum atomic E-state index is 11.5. The number of nitrogens with one attached hydrogen (secondary N) is 2. The van der Waals surface area contributed by atoms with Crippen LogP contribution in [0.4, 0.5) is 0 Å². The molecule has 0 spiro atoms. The Hall–Kier alpha value is -0.360. The molecular weight excluding hydrogens is 294 g/mol. The van der Waals surface area contributed by atoms with Gasteiger partial charge in [-0.2, -0.15) is 0 Å². The van der Waals surface area contributed by atoms with Crippen molar-refractivity contribution in [2.75, 3.05) is 6.54 Å². The van der Waals surface area contributed by atoms with Gasteiger partial charge >= 0.3 is 15.2 Å². The Kier molecular flexibility index (Phi) is 3.86. The van der Waals surface area contributed by atoms with E-state index in [0.717, 1.165) is 31.5 Å². The lowest BCUT2D eigenvalue weighted by Crippen LogP contribution is -2.39. The molecule has 110 valence electrons. The Labute approximate surface area is 110 Å². The molecule has 0 saturated carbocycles. The molecule has 0 unspecified atom stereocenters. The number of piperidine rings is 1. The Morgan fingerprint density at radius 3 is 2.00 bits per heavy atom. The largest absolute Gasteiger partial charge is 0.387 e. The van der Waals surface area contributed by atoms with Crippen LogP contribution in [0.5, 0.6) is 0 Å². The smallest absolute Gasteiger partial charge is 0.363 e. The molecule has 0 aromatic rings. The zero-order valence-electron chi connectivity index (χ0n) is 10.2. The van der Waals surface area contributed by atoms with Crippen molar-refractivity contribution in [3.63, 3.8) is 0 Å². The Bertz CT molecular complexity index is 463. The summed E-state index contributed by atoms with van der Waals surface area (Å²) in [5, 5.41) is 3.09. The molecular formula is C9H18N2O6P2. The summed E-state index contributed by atoms with van der Waals surface area (Å²) in [5.74, 6) is 0. The van der Waals surface area contributed by atoms with E-state index in [9.17, 15) is 28.7 Å². The lowest BCUT2D eigenvalue weighted by atomic mass is 10.1. The van der Waals surface area contributed by atoms with Gasteiger partial charge in [-0.15, -0.1) is 0 Å². The molecule has 2 rings (SSSR count). The van der Waals surface area contributed by atoms with E-state index in [1.807, 2.05) is 0 Å². The summed E-state index contributed by atoms with van der Waals surface area (Å²) in [4.78, 5) is 37.3. The second kappa shape index (κ2) is 4.88. The fourth-order valence-electron chi connectivity index (χ4n) is 2.51. The standard InChI is InChI=1S/C9H18N2O6P2/c12-18(13,14)9(19(15,16)17)5-4-8(11-9)7-3-1-2-6-10-7/h10-11H,1-6H2,(H2,12,13,14)(H2,15,16,17)/b8-7+. The monoisotopic (exact) mass is 312 g/mol. The zero-order chi connectivity index (χ0) is 14.3. The van der Waals surface area contributed by atoms with Crippen molar-refractivity contribution >= 4 is 15.2 Å². The highest BCUT2D eigenvalue weighted by Gasteiger charge is 2.63. The topological polar surface area (TPSA) is 139 Å². The van der Waals surface area contributed by atoms with Crippen LogP contribution in [0.25, 0.3) is 0 Å².